The Bertz CT molecular complexity index is 1810. The normalized spacial score (nSPS) is 13.1. The van der Waals surface area contributed by atoms with Crippen LogP contribution in [0.25, 0.3) is 0 Å². The summed E-state index contributed by atoms with van der Waals surface area (Å²) < 4.78 is 10.8. The van der Waals surface area contributed by atoms with Crippen LogP contribution < -0.4 is 0 Å². The maximum Gasteiger partial charge on any atom is 0.306 e. The molecular formula is C83H140O5. The number of allylic oxidation sites excluding steroid dienone is 24. The molecule has 1 unspecified atom stereocenters. The molecule has 0 aliphatic heterocycles. The van der Waals surface area contributed by atoms with E-state index in [4.69, 9.17) is 9.47 Å². The summed E-state index contributed by atoms with van der Waals surface area (Å²) in [5.41, 5.74) is 0. The summed E-state index contributed by atoms with van der Waals surface area (Å²) in [5.74, 6) is -0.580. The zero-order valence-electron chi connectivity index (χ0n) is 57.7. The van der Waals surface area contributed by atoms with Gasteiger partial charge in [0.15, 0.2) is 6.10 Å². The van der Waals surface area contributed by atoms with Gasteiger partial charge >= 0.3 is 11.9 Å². The fraction of sp³-hybridized carbons (Fsp3) is 0.687. The first-order chi connectivity index (χ1) is 43.6. The minimum Gasteiger partial charge on any atom is -0.462 e. The molecule has 1 N–H and O–H groups in total. The lowest BCUT2D eigenvalue weighted by Gasteiger charge is -2.15. The molecule has 88 heavy (non-hydrogen) atoms. The molecule has 0 saturated carbocycles. The first-order valence-corrected chi connectivity index (χ1v) is 37.4. The number of rotatable bonds is 68. The number of aliphatic hydroxyl groups excluding tert-OH is 1. The summed E-state index contributed by atoms with van der Waals surface area (Å²) in [7, 11) is 0. The van der Waals surface area contributed by atoms with Gasteiger partial charge in [-0.1, -0.05) is 365 Å². The quantitative estimate of drug-likeness (QED) is 0.0373. The van der Waals surface area contributed by atoms with Crippen LogP contribution in [-0.2, 0) is 19.1 Å². The highest BCUT2D eigenvalue weighted by Crippen LogP contribution is 2.18. The van der Waals surface area contributed by atoms with Gasteiger partial charge in [0.1, 0.15) is 6.61 Å². The van der Waals surface area contributed by atoms with Crippen LogP contribution in [0.2, 0.25) is 0 Å². The number of hydrogen-bond acceptors (Lipinski definition) is 5. The molecule has 0 heterocycles. The minimum absolute atomic E-state index is 0.0673. The van der Waals surface area contributed by atoms with E-state index < -0.39 is 6.10 Å². The second-order valence-corrected chi connectivity index (χ2v) is 24.6. The SMILES string of the molecule is CC/C=C\C/C=C\C/C=C\C/C=C\C/C=C\C/C=C\C/C=C\C/C=C\CCCCCCCCCCCCCCCCCCC(=O)OC(CO)COC(=O)CCCCCCCCCCCCCCCCCCCCCC/C=C\C/C=C\C/C=C\C/C=C\CC. The number of ether oxygens (including phenoxy) is 2. The third-order valence-electron chi connectivity index (χ3n) is 16.1. The van der Waals surface area contributed by atoms with Crippen molar-refractivity contribution >= 4 is 11.9 Å². The van der Waals surface area contributed by atoms with E-state index in [9.17, 15) is 14.7 Å². The standard InChI is InChI=1S/C83H140O5/c1-3-5-7-9-11-13-15-17-19-21-23-25-27-29-31-33-35-37-38-39-40-41-42-43-44-46-48-50-52-54-56-58-60-62-64-66-68-70-72-74-76-78-83(86)88-81(79-84)80-87-82(85)77-75-73-71-69-67-65-63-61-59-57-55-53-51-49-47-45-36-34-32-30-28-26-24-22-20-18-16-14-12-10-8-6-4-2/h5-8,11-14,17-20,23-26,29,31,35,37,39-40,42-43,81,84H,3-4,9-10,15-16,21-22,27-28,30,32-34,36,38,41,44-80H2,1-2H3/b7-5-,8-6-,13-11-,14-12-,19-17-,20-18-,25-23-,26-24-,31-29-,37-35-,40-39-,43-42-. The largest absolute Gasteiger partial charge is 0.462 e. The van der Waals surface area contributed by atoms with Crippen molar-refractivity contribution in [2.24, 2.45) is 0 Å². The molecule has 1 atom stereocenters. The number of carbonyl (C=O) groups excluding carboxylic acids is 2. The number of hydrogen-bond donors (Lipinski definition) is 1. The Hall–Kier alpha value is -4.22. The van der Waals surface area contributed by atoms with Crippen molar-refractivity contribution in [1.29, 1.82) is 0 Å². The predicted octanol–water partition coefficient (Wildman–Crippen LogP) is 26.4. The Morgan fingerprint density at radius 3 is 0.682 bits per heavy atom. The second-order valence-electron chi connectivity index (χ2n) is 24.6. The first kappa shape index (κ1) is 83.8. The number of unbranched alkanes of at least 4 members (excludes halogenated alkanes) is 36. The Kier molecular flexibility index (Phi) is 73.3. The van der Waals surface area contributed by atoms with E-state index >= 15 is 0 Å². The summed E-state index contributed by atoms with van der Waals surface area (Å²) in [5, 5.41) is 9.72. The van der Waals surface area contributed by atoms with Crippen molar-refractivity contribution in [3.8, 4) is 0 Å². The smallest absolute Gasteiger partial charge is 0.306 e. The molecule has 0 aromatic rings. The highest BCUT2D eigenvalue weighted by atomic mass is 16.6. The van der Waals surface area contributed by atoms with Gasteiger partial charge in [0.05, 0.1) is 6.61 Å². The Labute approximate surface area is 546 Å². The van der Waals surface area contributed by atoms with Gasteiger partial charge in [-0.15, -0.1) is 0 Å². The number of aliphatic hydroxyl groups is 1. The highest BCUT2D eigenvalue weighted by molar-refractivity contribution is 5.70. The topological polar surface area (TPSA) is 72.8 Å². The minimum atomic E-state index is -0.779. The number of esters is 2. The Morgan fingerprint density at radius 1 is 0.261 bits per heavy atom. The van der Waals surface area contributed by atoms with Crippen LogP contribution in [0.1, 0.15) is 348 Å². The second kappa shape index (κ2) is 77.0. The summed E-state index contributed by atoms with van der Waals surface area (Å²) >= 11 is 0. The lowest BCUT2D eigenvalue weighted by molar-refractivity contribution is -0.161. The van der Waals surface area contributed by atoms with Gasteiger partial charge in [-0.2, -0.15) is 0 Å². The van der Waals surface area contributed by atoms with Crippen LogP contribution in [0.3, 0.4) is 0 Å². The van der Waals surface area contributed by atoms with E-state index in [2.05, 4.69) is 160 Å². The molecule has 0 radical (unpaired) electrons. The zero-order chi connectivity index (χ0) is 63.3. The van der Waals surface area contributed by atoms with E-state index in [1.54, 1.807) is 0 Å². The fourth-order valence-electron chi connectivity index (χ4n) is 10.6. The first-order valence-electron chi connectivity index (χ1n) is 37.4. The summed E-state index contributed by atoms with van der Waals surface area (Å²) in [6, 6.07) is 0. The van der Waals surface area contributed by atoms with Gasteiger partial charge < -0.3 is 14.6 Å². The molecule has 0 aromatic heterocycles. The van der Waals surface area contributed by atoms with E-state index in [0.717, 1.165) is 116 Å². The van der Waals surface area contributed by atoms with Crippen molar-refractivity contribution in [3.63, 3.8) is 0 Å². The lowest BCUT2D eigenvalue weighted by Crippen LogP contribution is -2.28. The van der Waals surface area contributed by atoms with Gasteiger partial charge in [-0.3, -0.25) is 9.59 Å². The molecule has 5 nitrogen and oxygen atoms in total. The molecule has 0 aliphatic carbocycles. The van der Waals surface area contributed by atoms with Crippen molar-refractivity contribution in [2.75, 3.05) is 13.2 Å². The van der Waals surface area contributed by atoms with Crippen molar-refractivity contribution < 1.29 is 24.2 Å². The predicted molar refractivity (Wildman–Crippen MR) is 389 cm³/mol. The van der Waals surface area contributed by atoms with Gasteiger partial charge in [-0.05, 0) is 116 Å². The van der Waals surface area contributed by atoms with Crippen LogP contribution in [0.5, 0.6) is 0 Å². The molecule has 5 heteroatoms. The fourth-order valence-corrected chi connectivity index (χ4v) is 10.6. The third kappa shape index (κ3) is 74.2. The average molecular weight is 1220 g/mol. The van der Waals surface area contributed by atoms with Crippen LogP contribution in [0.15, 0.2) is 146 Å². The molecule has 0 rings (SSSR count). The van der Waals surface area contributed by atoms with Crippen molar-refractivity contribution in [2.45, 2.75) is 354 Å². The zero-order valence-corrected chi connectivity index (χ0v) is 57.7. The molecule has 0 spiro atoms. The molecule has 0 aliphatic rings. The number of carbonyl (C=O) groups is 2. The van der Waals surface area contributed by atoms with E-state index in [-0.39, 0.29) is 25.2 Å². The average Bonchev–Trinajstić information content (AvgIpc) is 3.56. The maximum absolute atomic E-state index is 12.4. The van der Waals surface area contributed by atoms with Crippen LogP contribution >= 0.6 is 0 Å². The van der Waals surface area contributed by atoms with Gasteiger partial charge in [-0.25, -0.2) is 0 Å². The Balaban J connectivity index is 3.46. The Morgan fingerprint density at radius 2 is 0.455 bits per heavy atom. The van der Waals surface area contributed by atoms with Gasteiger partial charge in [0.2, 0.25) is 0 Å². The molecular weight excluding hydrogens is 1080 g/mol. The summed E-state index contributed by atoms with van der Waals surface area (Å²) in [6.07, 6.45) is 116. The summed E-state index contributed by atoms with van der Waals surface area (Å²) in [6.45, 7) is 3.94. The van der Waals surface area contributed by atoms with Gasteiger partial charge in [0, 0.05) is 12.8 Å². The van der Waals surface area contributed by atoms with Crippen molar-refractivity contribution in [1.82, 2.24) is 0 Å². The molecule has 0 amide bonds. The maximum atomic E-state index is 12.4. The van der Waals surface area contributed by atoms with E-state index in [1.165, 1.54) is 205 Å². The molecule has 0 aromatic carbocycles. The van der Waals surface area contributed by atoms with Crippen LogP contribution in [0.4, 0.5) is 0 Å². The van der Waals surface area contributed by atoms with Crippen LogP contribution in [0, 0.1) is 0 Å². The van der Waals surface area contributed by atoms with Gasteiger partial charge in [0.25, 0.3) is 0 Å². The summed E-state index contributed by atoms with van der Waals surface area (Å²) in [4.78, 5) is 24.7. The van der Waals surface area contributed by atoms with E-state index in [1.807, 2.05) is 0 Å². The van der Waals surface area contributed by atoms with Crippen molar-refractivity contribution in [3.05, 3.63) is 146 Å². The molecule has 0 fully saturated rings. The monoisotopic (exact) mass is 1220 g/mol. The van der Waals surface area contributed by atoms with Crippen LogP contribution in [-0.4, -0.2) is 36.4 Å². The highest BCUT2D eigenvalue weighted by Gasteiger charge is 2.16. The molecule has 0 saturated heterocycles. The van der Waals surface area contributed by atoms with E-state index in [0.29, 0.717) is 12.8 Å². The third-order valence-corrected chi connectivity index (χ3v) is 16.1. The molecule has 0 bridgehead atoms. The lowest BCUT2D eigenvalue weighted by atomic mass is 10.0. The molecule has 502 valence electrons.